The maximum atomic E-state index is 2.60. The largest absolute Gasteiger partial charge is 0.309 e. The maximum Gasteiger partial charge on any atom is 0.215 e. The zero-order valence-electron chi connectivity index (χ0n) is 29.6. The quantitative estimate of drug-likeness (QED) is 0.168. The standard InChI is InChI=1S/C46H49N2/c1-45(2,3)29-31-21-23-43-39(25-31)37-17-7-9-19-41(37)47(43)35-15-11-13-33(27-35)34-14-12-16-36(28-34)48-42-20-10-8-18-38(42)40-26-32(22-24-44(40)48)30-46(4,5)6/h7-21,23,25,27-28,32,40H,22,24,26,29-30H2,1-6H3/q+1. The molecule has 2 unspecified atom stereocenters. The fourth-order valence-electron chi connectivity index (χ4n) is 8.85. The molecular weight excluding hydrogens is 581 g/mol. The van der Waals surface area contributed by atoms with Gasteiger partial charge in [-0.3, -0.25) is 0 Å². The van der Waals surface area contributed by atoms with E-state index < -0.39 is 0 Å². The molecule has 1 aliphatic carbocycles. The average molecular weight is 630 g/mol. The van der Waals surface area contributed by atoms with Crippen LogP contribution in [0.15, 0.2) is 115 Å². The first kappa shape index (κ1) is 30.9. The minimum atomic E-state index is 0.247. The molecule has 1 fully saturated rings. The molecule has 6 aromatic rings. The van der Waals surface area contributed by atoms with Gasteiger partial charge < -0.3 is 4.57 Å². The van der Waals surface area contributed by atoms with Gasteiger partial charge in [0, 0.05) is 46.6 Å². The van der Waals surface area contributed by atoms with Crippen molar-refractivity contribution >= 4 is 38.9 Å². The van der Waals surface area contributed by atoms with Crippen molar-refractivity contribution in [1.82, 2.24) is 9.14 Å². The van der Waals surface area contributed by atoms with Crippen LogP contribution in [-0.4, -0.2) is 10.3 Å². The number of para-hydroxylation sites is 2. The van der Waals surface area contributed by atoms with Crippen LogP contribution in [0.1, 0.15) is 84.3 Å². The topological polar surface area (TPSA) is 7.94 Å². The molecule has 2 heteroatoms. The molecule has 2 nitrogen and oxygen atoms in total. The first-order valence-electron chi connectivity index (χ1n) is 18.0. The monoisotopic (exact) mass is 629 g/mol. The van der Waals surface area contributed by atoms with Gasteiger partial charge in [-0.1, -0.05) is 108 Å². The Kier molecular flexibility index (Phi) is 7.47. The number of hydrogen-bond acceptors (Lipinski definition) is 0. The van der Waals surface area contributed by atoms with Gasteiger partial charge in [0.2, 0.25) is 11.4 Å². The highest BCUT2D eigenvalue weighted by molar-refractivity contribution is 6.09. The molecule has 2 atom stereocenters. The lowest BCUT2D eigenvalue weighted by Gasteiger charge is -2.31. The molecule has 242 valence electrons. The third kappa shape index (κ3) is 5.70. The van der Waals surface area contributed by atoms with E-state index in [-0.39, 0.29) is 5.41 Å². The van der Waals surface area contributed by atoms with Crippen molar-refractivity contribution in [3.8, 4) is 16.8 Å². The average Bonchev–Trinajstić information content (AvgIpc) is 3.56. The fourth-order valence-corrected chi connectivity index (χ4v) is 8.85. The van der Waals surface area contributed by atoms with Gasteiger partial charge in [-0.25, -0.2) is 0 Å². The van der Waals surface area contributed by atoms with Crippen LogP contribution in [-0.2, 0) is 6.42 Å². The molecule has 0 saturated heterocycles. The van der Waals surface area contributed by atoms with Crippen LogP contribution in [0.5, 0.6) is 0 Å². The number of rotatable bonds is 5. The molecule has 0 amide bonds. The summed E-state index contributed by atoms with van der Waals surface area (Å²) < 4.78 is 5.05. The second-order valence-electron chi connectivity index (χ2n) is 16.9. The summed E-state index contributed by atoms with van der Waals surface area (Å²) in [7, 11) is 0. The Morgan fingerprint density at radius 1 is 0.667 bits per heavy atom. The summed E-state index contributed by atoms with van der Waals surface area (Å²) in [6.07, 6.45) is 6.08. The zero-order chi connectivity index (χ0) is 33.2. The zero-order valence-corrected chi connectivity index (χ0v) is 29.6. The maximum absolute atomic E-state index is 2.60. The van der Waals surface area contributed by atoms with Crippen molar-refractivity contribution in [3.05, 3.63) is 126 Å². The van der Waals surface area contributed by atoms with E-state index in [0.29, 0.717) is 11.3 Å². The van der Waals surface area contributed by atoms with Crippen molar-refractivity contribution in [1.29, 1.82) is 0 Å². The van der Waals surface area contributed by atoms with Gasteiger partial charge in [-0.15, -0.1) is 0 Å². The van der Waals surface area contributed by atoms with Gasteiger partial charge in [-0.2, -0.15) is 4.58 Å². The van der Waals surface area contributed by atoms with Gasteiger partial charge in [-0.05, 0) is 89.5 Å². The summed E-state index contributed by atoms with van der Waals surface area (Å²) in [6, 6.07) is 43.5. The lowest BCUT2D eigenvalue weighted by molar-refractivity contribution is 0.261. The summed E-state index contributed by atoms with van der Waals surface area (Å²) in [4.78, 5) is 0. The Bertz CT molecular complexity index is 2200. The van der Waals surface area contributed by atoms with E-state index in [1.807, 2.05) is 0 Å². The van der Waals surface area contributed by atoms with Crippen molar-refractivity contribution < 1.29 is 0 Å². The highest BCUT2D eigenvalue weighted by Gasteiger charge is 2.44. The molecule has 5 aromatic carbocycles. The molecule has 2 aliphatic rings. The molecule has 48 heavy (non-hydrogen) atoms. The molecule has 1 aliphatic heterocycles. The predicted molar refractivity (Wildman–Crippen MR) is 206 cm³/mol. The molecule has 0 N–H and O–H groups in total. The van der Waals surface area contributed by atoms with Gasteiger partial charge in [0.15, 0.2) is 5.71 Å². The lowest BCUT2D eigenvalue weighted by Crippen LogP contribution is -2.27. The van der Waals surface area contributed by atoms with E-state index in [1.54, 1.807) is 5.71 Å². The summed E-state index contributed by atoms with van der Waals surface area (Å²) >= 11 is 0. The van der Waals surface area contributed by atoms with Crippen LogP contribution in [0.2, 0.25) is 0 Å². The van der Waals surface area contributed by atoms with E-state index >= 15 is 0 Å². The molecule has 1 aromatic heterocycles. The van der Waals surface area contributed by atoms with Gasteiger partial charge in [0.25, 0.3) is 0 Å². The predicted octanol–water partition coefficient (Wildman–Crippen LogP) is 12.6. The normalized spacial score (nSPS) is 18.0. The van der Waals surface area contributed by atoms with Crippen molar-refractivity contribution in [3.63, 3.8) is 0 Å². The van der Waals surface area contributed by atoms with E-state index in [0.717, 1.165) is 12.3 Å². The number of nitrogens with zero attached hydrogens (tertiary/aromatic N) is 2. The summed E-state index contributed by atoms with van der Waals surface area (Å²) in [5.41, 5.74) is 14.0. The molecule has 0 radical (unpaired) electrons. The summed E-state index contributed by atoms with van der Waals surface area (Å²) in [5, 5.41) is 2.64. The lowest BCUT2D eigenvalue weighted by atomic mass is 9.72. The summed E-state index contributed by atoms with van der Waals surface area (Å²) in [6.45, 7) is 14.1. The fraction of sp³-hybridized carbons (Fsp3) is 0.326. The minimum absolute atomic E-state index is 0.247. The van der Waals surface area contributed by atoms with Crippen LogP contribution < -0.4 is 4.58 Å². The second kappa shape index (κ2) is 11.6. The number of benzene rings is 5. The van der Waals surface area contributed by atoms with E-state index in [2.05, 4.69) is 166 Å². The Balaban J connectivity index is 1.19. The van der Waals surface area contributed by atoms with E-state index in [9.17, 15) is 0 Å². The van der Waals surface area contributed by atoms with Crippen LogP contribution >= 0.6 is 0 Å². The third-order valence-corrected chi connectivity index (χ3v) is 10.5. The first-order chi connectivity index (χ1) is 23.0. The highest BCUT2D eigenvalue weighted by Crippen LogP contribution is 2.48. The molecule has 2 heterocycles. The Hall–Kier alpha value is -4.43. The van der Waals surface area contributed by atoms with E-state index in [4.69, 9.17) is 0 Å². The number of hydrogen-bond donors (Lipinski definition) is 0. The molecular formula is C46H49N2+. The van der Waals surface area contributed by atoms with Crippen molar-refractivity contribution in [2.75, 3.05) is 0 Å². The SMILES string of the molecule is CC(C)(C)Cc1ccc2c(c1)c1ccccc1n2-c1cccc(-c2cccc([N+]3=C4CCC(CC(C)(C)C)CC4c4ccccc43)c2)c1. The van der Waals surface area contributed by atoms with Crippen molar-refractivity contribution in [2.24, 2.45) is 16.7 Å². The Labute approximate surface area is 286 Å². The smallest absolute Gasteiger partial charge is 0.215 e. The first-order valence-corrected chi connectivity index (χ1v) is 18.0. The van der Waals surface area contributed by atoms with Gasteiger partial charge in [0.1, 0.15) is 0 Å². The van der Waals surface area contributed by atoms with Crippen LogP contribution in [0.4, 0.5) is 11.4 Å². The Morgan fingerprint density at radius 3 is 2.21 bits per heavy atom. The number of fused-ring (bicyclic) bond motifs is 6. The molecule has 0 bridgehead atoms. The molecule has 0 spiro atoms. The van der Waals surface area contributed by atoms with Crippen LogP contribution in [0.3, 0.4) is 0 Å². The van der Waals surface area contributed by atoms with Gasteiger partial charge >= 0.3 is 0 Å². The third-order valence-electron chi connectivity index (χ3n) is 10.5. The van der Waals surface area contributed by atoms with Crippen LogP contribution in [0, 0.1) is 16.7 Å². The second-order valence-corrected chi connectivity index (χ2v) is 16.9. The summed E-state index contributed by atoms with van der Waals surface area (Å²) in [5.74, 6) is 1.31. The molecule has 1 saturated carbocycles. The molecule has 8 rings (SSSR count). The van der Waals surface area contributed by atoms with Crippen molar-refractivity contribution in [2.45, 2.75) is 79.6 Å². The van der Waals surface area contributed by atoms with E-state index in [1.165, 1.54) is 86.8 Å². The Morgan fingerprint density at radius 2 is 1.40 bits per heavy atom. The highest BCUT2D eigenvalue weighted by atomic mass is 15.1. The minimum Gasteiger partial charge on any atom is -0.309 e. The van der Waals surface area contributed by atoms with Crippen LogP contribution in [0.25, 0.3) is 38.6 Å². The van der Waals surface area contributed by atoms with Gasteiger partial charge in [0.05, 0.1) is 17.0 Å². The number of aromatic nitrogens is 1.